The van der Waals surface area contributed by atoms with E-state index in [2.05, 4.69) is 5.32 Å². The molecule has 2 amide bonds. The predicted octanol–water partition coefficient (Wildman–Crippen LogP) is 3.18. The Hall–Kier alpha value is -2.60. The molecule has 1 aromatic carbocycles. The van der Waals surface area contributed by atoms with Crippen LogP contribution >= 0.6 is 11.3 Å². The molecule has 0 aliphatic rings. The van der Waals surface area contributed by atoms with Gasteiger partial charge in [-0.3, -0.25) is 9.59 Å². The highest BCUT2D eigenvalue weighted by Gasteiger charge is 2.11. The Morgan fingerprint density at radius 1 is 1.25 bits per heavy atom. The van der Waals surface area contributed by atoms with Gasteiger partial charge >= 0.3 is 0 Å². The van der Waals surface area contributed by atoms with Crippen LogP contribution < -0.4 is 10.1 Å². The van der Waals surface area contributed by atoms with Crippen LogP contribution in [-0.2, 0) is 9.59 Å². The highest BCUT2D eigenvalue weighted by atomic mass is 32.1. The van der Waals surface area contributed by atoms with Crippen molar-refractivity contribution in [1.29, 1.82) is 0 Å². The largest absolute Gasteiger partial charge is 0.497 e. The lowest BCUT2D eigenvalue weighted by Gasteiger charge is -2.15. The van der Waals surface area contributed by atoms with Crippen LogP contribution in [-0.4, -0.2) is 37.4 Å². The van der Waals surface area contributed by atoms with Crippen LogP contribution in [0.3, 0.4) is 0 Å². The number of rotatable bonds is 6. The Labute approximate surface area is 145 Å². The number of ether oxygens (including phenoxy) is 1. The second kappa shape index (κ2) is 8.31. The van der Waals surface area contributed by atoms with Gasteiger partial charge in [-0.05, 0) is 54.3 Å². The normalized spacial score (nSPS) is 10.6. The summed E-state index contributed by atoms with van der Waals surface area (Å²) in [6, 6.07) is 9.02. The van der Waals surface area contributed by atoms with Crippen molar-refractivity contribution in [2.24, 2.45) is 0 Å². The zero-order chi connectivity index (χ0) is 17.5. The number of benzene rings is 1. The standard InChI is InChI=1S/C18H20N2O3S/c1-13-10-11-24-16(13)8-9-18(22)20(2)12-17(21)19-14-4-6-15(23-3)7-5-14/h4-11H,12H2,1-3H3,(H,19,21)/b9-8+. The summed E-state index contributed by atoms with van der Waals surface area (Å²) >= 11 is 1.57. The van der Waals surface area contributed by atoms with E-state index >= 15 is 0 Å². The Kier molecular flexibility index (Phi) is 6.14. The van der Waals surface area contributed by atoms with E-state index in [1.807, 2.05) is 18.4 Å². The van der Waals surface area contributed by atoms with E-state index in [1.165, 1.54) is 11.0 Å². The highest BCUT2D eigenvalue weighted by molar-refractivity contribution is 7.11. The van der Waals surface area contributed by atoms with Crippen LogP contribution in [0.25, 0.3) is 6.08 Å². The molecule has 0 saturated carbocycles. The zero-order valence-corrected chi connectivity index (χ0v) is 14.7. The summed E-state index contributed by atoms with van der Waals surface area (Å²) in [4.78, 5) is 26.5. The third-order valence-corrected chi connectivity index (χ3v) is 4.39. The molecule has 0 unspecified atom stereocenters. The van der Waals surface area contributed by atoms with Gasteiger partial charge in [0.25, 0.3) is 0 Å². The maximum atomic E-state index is 12.1. The van der Waals surface area contributed by atoms with E-state index in [4.69, 9.17) is 4.74 Å². The van der Waals surface area contributed by atoms with Gasteiger partial charge in [-0.15, -0.1) is 11.3 Å². The van der Waals surface area contributed by atoms with Crippen LogP contribution in [0.5, 0.6) is 5.75 Å². The number of hydrogen-bond acceptors (Lipinski definition) is 4. The van der Waals surface area contributed by atoms with Crippen molar-refractivity contribution < 1.29 is 14.3 Å². The van der Waals surface area contributed by atoms with Gasteiger partial charge in [-0.2, -0.15) is 0 Å². The number of thiophene rings is 1. The van der Waals surface area contributed by atoms with E-state index in [-0.39, 0.29) is 18.4 Å². The second-order valence-electron chi connectivity index (χ2n) is 5.27. The fourth-order valence-electron chi connectivity index (χ4n) is 2.00. The average Bonchev–Trinajstić information content (AvgIpc) is 2.98. The second-order valence-corrected chi connectivity index (χ2v) is 6.22. The Morgan fingerprint density at radius 3 is 2.54 bits per heavy atom. The van der Waals surface area contributed by atoms with Crippen molar-refractivity contribution in [3.05, 3.63) is 52.2 Å². The Bertz CT molecular complexity index is 735. The van der Waals surface area contributed by atoms with E-state index in [0.717, 1.165) is 10.4 Å². The molecule has 24 heavy (non-hydrogen) atoms. The maximum Gasteiger partial charge on any atom is 0.246 e. The zero-order valence-electron chi connectivity index (χ0n) is 13.9. The number of carbonyl (C=O) groups is 2. The van der Waals surface area contributed by atoms with E-state index < -0.39 is 0 Å². The Morgan fingerprint density at radius 2 is 1.96 bits per heavy atom. The van der Waals surface area contributed by atoms with Gasteiger partial charge in [0.2, 0.25) is 11.8 Å². The molecule has 5 nitrogen and oxygen atoms in total. The summed E-state index contributed by atoms with van der Waals surface area (Å²) in [7, 11) is 3.18. The molecule has 1 aromatic heterocycles. The van der Waals surface area contributed by atoms with Crippen molar-refractivity contribution in [2.45, 2.75) is 6.92 Å². The lowest BCUT2D eigenvalue weighted by atomic mass is 10.2. The van der Waals surface area contributed by atoms with E-state index in [9.17, 15) is 9.59 Å². The smallest absolute Gasteiger partial charge is 0.246 e. The van der Waals surface area contributed by atoms with E-state index in [0.29, 0.717) is 11.4 Å². The molecule has 2 aromatic rings. The fraction of sp³-hybridized carbons (Fsp3) is 0.222. The lowest BCUT2D eigenvalue weighted by Crippen LogP contribution is -2.33. The summed E-state index contributed by atoms with van der Waals surface area (Å²) in [5.74, 6) is 0.249. The van der Waals surface area contributed by atoms with Gasteiger partial charge in [-0.1, -0.05) is 0 Å². The summed E-state index contributed by atoms with van der Waals surface area (Å²) in [5, 5.41) is 4.73. The van der Waals surface area contributed by atoms with Crippen molar-refractivity contribution >= 4 is 34.9 Å². The molecule has 126 valence electrons. The predicted molar refractivity (Wildman–Crippen MR) is 97.4 cm³/mol. The summed E-state index contributed by atoms with van der Waals surface area (Å²) in [6.07, 6.45) is 3.26. The van der Waals surface area contributed by atoms with Crippen LogP contribution in [0.15, 0.2) is 41.8 Å². The van der Waals surface area contributed by atoms with Crippen LogP contribution in [0.1, 0.15) is 10.4 Å². The van der Waals surface area contributed by atoms with Gasteiger partial charge in [0, 0.05) is 23.7 Å². The first-order chi connectivity index (χ1) is 11.5. The SMILES string of the molecule is COc1ccc(NC(=O)CN(C)C(=O)/C=C/c2sccc2C)cc1. The number of aryl methyl sites for hydroxylation is 1. The molecule has 2 rings (SSSR count). The number of nitrogens with one attached hydrogen (secondary N) is 1. The number of nitrogens with zero attached hydrogens (tertiary/aromatic N) is 1. The summed E-state index contributed by atoms with van der Waals surface area (Å²) < 4.78 is 5.06. The first kappa shape index (κ1) is 17.7. The first-order valence-electron chi connectivity index (χ1n) is 7.41. The quantitative estimate of drug-likeness (QED) is 0.819. The van der Waals surface area contributed by atoms with Crippen molar-refractivity contribution in [3.63, 3.8) is 0 Å². The number of methoxy groups -OCH3 is 1. The number of anilines is 1. The molecular formula is C18H20N2O3S. The molecule has 0 aliphatic heterocycles. The van der Waals surface area contributed by atoms with E-state index in [1.54, 1.807) is 55.8 Å². The molecule has 6 heteroatoms. The van der Waals surface area contributed by atoms with Gasteiger partial charge in [0.05, 0.1) is 13.7 Å². The van der Waals surface area contributed by atoms with Gasteiger partial charge in [-0.25, -0.2) is 0 Å². The monoisotopic (exact) mass is 344 g/mol. The van der Waals surface area contributed by atoms with Gasteiger partial charge < -0.3 is 15.0 Å². The Balaban J connectivity index is 1.87. The molecule has 0 spiro atoms. The molecule has 0 radical (unpaired) electrons. The number of amides is 2. The molecule has 1 heterocycles. The van der Waals surface area contributed by atoms with Crippen LogP contribution in [0.2, 0.25) is 0 Å². The number of hydrogen-bond donors (Lipinski definition) is 1. The summed E-state index contributed by atoms with van der Waals surface area (Å²) in [5.41, 5.74) is 1.79. The minimum Gasteiger partial charge on any atom is -0.497 e. The van der Waals surface area contributed by atoms with Gasteiger partial charge in [0.1, 0.15) is 5.75 Å². The maximum absolute atomic E-state index is 12.1. The van der Waals surface area contributed by atoms with Crippen LogP contribution in [0, 0.1) is 6.92 Å². The van der Waals surface area contributed by atoms with Crippen molar-refractivity contribution in [1.82, 2.24) is 4.90 Å². The molecule has 0 bridgehead atoms. The summed E-state index contributed by atoms with van der Waals surface area (Å²) in [6.45, 7) is 1.98. The van der Waals surface area contributed by atoms with Gasteiger partial charge in [0.15, 0.2) is 0 Å². The molecule has 0 fully saturated rings. The molecule has 0 atom stereocenters. The molecule has 0 saturated heterocycles. The topological polar surface area (TPSA) is 58.6 Å². The first-order valence-corrected chi connectivity index (χ1v) is 8.28. The molecular weight excluding hydrogens is 324 g/mol. The van der Waals surface area contributed by atoms with Crippen molar-refractivity contribution in [3.8, 4) is 5.75 Å². The number of carbonyl (C=O) groups excluding carboxylic acids is 2. The lowest BCUT2D eigenvalue weighted by molar-refractivity contribution is -0.129. The fourth-order valence-corrected chi connectivity index (χ4v) is 2.82. The highest BCUT2D eigenvalue weighted by Crippen LogP contribution is 2.17. The minimum atomic E-state index is -0.253. The third-order valence-electron chi connectivity index (χ3n) is 3.41. The average molecular weight is 344 g/mol. The molecule has 0 aliphatic carbocycles. The minimum absolute atomic E-state index is 0.0153. The van der Waals surface area contributed by atoms with Crippen LogP contribution in [0.4, 0.5) is 5.69 Å². The number of likely N-dealkylation sites (N-methyl/N-ethyl adjacent to an activating group) is 1. The third kappa shape index (κ3) is 4.96. The molecule has 1 N–H and O–H groups in total. The van der Waals surface area contributed by atoms with Crippen molar-refractivity contribution in [2.75, 3.05) is 26.0 Å².